The Morgan fingerprint density at radius 2 is 1.86 bits per heavy atom. The maximum Gasteiger partial charge on any atom is 0.220 e. The highest BCUT2D eigenvalue weighted by Crippen LogP contribution is 2.22. The molecule has 0 aliphatic rings. The van der Waals surface area contributed by atoms with Gasteiger partial charge in [0, 0.05) is 25.4 Å². The van der Waals surface area contributed by atoms with Gasteiger partial charge in [-0.2, -0.15) is 5.10 Å². The van der Waals surface area contributed by atoms with Crippen LogP contribution in [0.2, 0.25) is 0 Å². The number of fused-ring (bicyclic) bond motifs is 1. The Labute approximate surface area is 168 Å². The van der Waals surface area contributed by atoms with Crippen LogP contribution in [0.1, 0.15) is 29.0 Å². The molecule has 28 heavy (non-hydrogen) atoms. The zero-order valence-corrected chi connectivity index (χ0v) is 16.4. The largest absolute Gasteiger partial charge is 0.352 e. The number of hydrogen-bond acceptors (Lipinski definition) is 4. The van der Waals surface area contributed by atoms with Gasteiger partial charge in [0.05, 0.1) is 21.8 Å². The average molecular weight is 391 g/mol. The number of aromatic nitrogens is 3. The summed E-state index contributed by atoms with van der Waals surface area (Å²) in [6.07, 6.45) is 5.87. The first-order valence-corrected chi connectivity index (χ1v) is 10.2. The summed E-state index contributed by atoms with van der Waals surface area (Å²) in [7, 11) is 0. The van der Waals surface area contributed by atoms with Crippen molar-refractivity contribution in [2.45, 2.75) is 32.4 Å². The van der Waals surface area contributed by atoms with Gasteiger partial charge in [-0.15, -0.1) is 11.3 Å². The molecule has 0 aliphatic carbocycles. The fraction of sp³-hybridized carbons (Fsp3) is 0.227. The van der Waals surface area contributed by atoms with E-state index in [9.17, 15) is 4.79 Å². The second-order valence-electron chi connectivity index (χ2n) is 6.68. The number of carbonyl (C=O) groups is 1. The molecule has 4 rings (SSSR count). The standard InChI is InChI=1S/C22H22N4OS/c27-21(11-5-12-22-25-19-9-3-4-10-20(19)28-22)23-15-17-7-1-2-8-18(17)16-26-14-6-13-24-26/h1-4,6-10,13-14H,5,11-12,15-16H2,(H,23,27). The van der Waals surface area contributed by atoms with E-state index in [4.69, 9.17) is 0 Å². The molecule has 142 valence electrons. The molecule has 1 amide bonds. The van der Waals surface area contributed by atoms with Crippen molar-refractivity contribution in [1.82, 2.24) is 20.1 Å². The van der Waals surface area contributed by atoms with Gasteiger partial charge < -0.3 is 5.32 Å². The summed E-state index contributed by atoms with van der Waals surface area (Å²) in [5.41, 5.74) is 3.33. The molecule has 0 fully saturated rings. The number of carbonyl (C=O) groups excluding carboxylic acids is 1. The summed E-state index contributed by atoms with van der Waals surface area (Å²) in [6, 6.07) is 18.2. The van der Waals surface area contributed by atoms with Gasteiger partial charge in [-0.3, -0.25) is 9.48 Å². The van der Waals surface area contributed by atoms with E-state index in [0.29, 0.717) is 19.5 Å². The minimum absolute atomic E-state index is 0.0787. The zero-order chi connectivity index (χ0) is 19.2. The number of rotatable bonds is 8. The number of nitrogens with one attached hydrogen (secondary N) is 1. The van der Waals surface area contributed by atoms with Crippen LogP contribution in [0, 0.1) is 0 Å². The van der Waals surface area contributed by atoms with Gasteiger partial charge in [0.15, 0.2) is 0 Å². The van der Waals surface area contributed by atoms with E-state index in [0.717, 1.165) is 28.9 Å². The van der Waals surface area contributed by atoms with E-state index in [-0.39, 0.29) is 5.91 Å². The van der Waals surface area contributed by atoms with E-state index < -0.39 is 0 Å². The average Bonchev–Trinajstić information content (AvgIpc) is 3.36. The first-order valence-electron chi connectivity index (χ1n) is 9.43. The summed E-state index contributed by atoms with van der Waals surface area (Å²) in [5.74, 6) is 0.0787. The molecule has 1 N–H and O–H groups in total. The van der Waals surface area contributed by atoms with Gasteiger partial charge >= 0.3 is 0 Å². The molecule has 2 heterocycles. The van der Waals surface area contributed by atoms with Crippen LogP contribution < -0.4 is 5.32 Å². The fourth-order valence-electron chi connectivity index (χ4n) is 3.16. The van der Waals surface area contributed by atoms with Crippen LogP contribution in [-0.4, -0.2) is 20.7 Å². The predicted molar refractivity (Wildman–Crippen MR) is 112 cm³/mol. The normalized spacial score (nSPS) is 11.0. The summed E-state index contributed by atoms with van der Waals surface area (Å²) < 4.78 is 3.09. The third-order valence-electron chi connectivity index (χ3n) is 4.62. The lowest BCUT2D eigenvalue weighted by Gasteiger charge is -2.11. The summed E-state index contributed by atoms with van der Waals surface area (Å²) >= 11 is 1.71. The van der Waals surface area contributed by atoms with Gasteiger partial charge in [-0.1, -0.05) is 36.4 Å². The summed E-state index contributed by atoms with van der Waals surface area (Å²) in [6.45, 7) is 1.24. The Kier molecular flexibility index (Phi) is 5.77. The number of nitrogens with zero attached hydrogens (tertiary/aromatic N) is 3. The molecule has 5 nitrogen and oxygen atoms in total. The van der Waals surface area contributed by atoms with Crippen LogP contribution >= 0.6 is 11.3 Å². The molecular formula is C22H22N4OS. The number of para-hydroxylation sites is 1. The molecule has 0 radical (unpaired) electrons. The molecule has 6 heteroatoms. The van der Waals surface area contributed by atoms with Gasteiger partial charge in [0.2, 0.25) is 5.91 Å². The van der Waals surface area contributed by atoms with Crippen molar-refractivity contribution in [3.8, 4) is 0 Å². The monoisotopic (exact) mass is 390 g/mol. The lowest BCUT2D eigenvalue weighted by molar-refractivity contribution is -0.121. The SMILES string of the molecule is O=C(CCCc1nc2ccccc2s1)NCc1ccccc1Cn1cccn1. The molecule has 0 unspecified atom stereocenters. The summed E-state index contributed by atoms with van der Waals surface area (Å²) in [5, 5.41) is 8.40. The maximum atomic E-state index is 12.3. The smallest absolute Gasteiger partial charge is 0.220 e. The Balaban J connectivity index is 1.26. The number of benzene rings is 2. The van der Waals surface area contributed by atoms with Gasteiger partial charge in [0.1, 0.15) is 0 Å². The zero-order valence-electron chi connectivity index (χ0n) is 15.5. The van der Waals surface area contributed by atoms with Crippen molar-refractivity contribution in [3.63, 3.8) is 0 Å². The number of hydrogen-bond donors (Lipinski definition) is 1. The third-order valence-corrected chi connectivity index (χ3v) is 5.71. The van der Waals surface area contributed by atoms with Crippen LogP contribution in [0.3, 0.4) is 0 Å². The highest BCUT2D eigenvalue weighted by molar-refractivity contribution is 7.18. The molecule has 0 aliphatic heterocycles. The van der Waals surface area contributed by atoms with Crippen molar-refractivity contribution in [1.29, 1.82) is 0 Å². The van der Waals surface area contributed by atoms with E-state index in [1.165, 1.54) is 10.3 Å². The highest BCUT2D eigenvalue weighted by atomic mass is 32.1. The fourth-order valence-corrected chi connectivity index (χ4v) is 4.17. The Morgan fingerprint density at radius 1 is 1.04 bits per heavy atom. The lowest BCUT2D eigenvalue weighted by Crippen LogP contribution is -2.23. The van der Waals surface area contributed by atoms with Gasteiger partial charge in [-0.05, 0) is 42.2 Å². The molecule has 0 bridgehead atoms. The highest BCUT2D eigenvalue weighted by Gasteiger charge is 2.08. The van der Waals surface area contributed by atoms with Crippen molar-refractivity contribution in [3.05, 3.63) is 83.1 Å². The maximum absolute atomic E-state index is 12.3. The van der Waals surface area contributed by atoms with Crippen LogP contribution in [0.4, 0.5) is 0 Å². The predicted octanol–water partition coefficient (Wildman–Crippen LogP) is 4.18. The second kappa shape index (κ2) is 8.80. The van der Waals surface area contributed by atoms with Gasteiger partial charge in [0.25, 0.3) is 0 Å². The van der Waals surface area contributed by atoms with Crippen LogP contribution in [0.25, 0.3) is 10.2 Å². The van der Waals surface area contributed by atoms with Crippen LogP contribution in [-0.2, 0) is 24.3 Å². The Bertz CT molecular complexity index is 1020. The second-order valence-corrected chi connectivity index (χ2v) is 7.79. The molecule has 0 saturated heterocycles. The Morgan fingerprint density at radius 3 is 2.68 bits per heavy atom. The van der Waals surface area contributed by atoms with Crippen molar-refractivity contribution in [2.24, 2.45) is 0 Å². The van der Waals surface area contributed by atoms with Gasteiger partial charge in [-0.25, -0.2) is 4.98 Å². The quantitative estimate of drug-likeness (QED) is 0.491. The molecular weight excluding hydrogens is 368 g/mol. The minimum Gasteiger partial charge on any atom is -0.352 e. The number of aryl methyl sites for hydroxylation is 1. The molecule has 0 spiro atoms. The first kappa shape index (κ1) is 18.4. The lowest BCUT2D eigenvalue weighted by atomic mass is 10.1. The van der Waals surface area contributed by atoms with Crippen LogP contribution in [0.5, 0.6) is 0 Å². The van der Waals surface area contributed by atoms with E-state index >= 15 is 0 Å². The molecule has 4 aromatic rings. The number of thiazole rings is 1. The van der Waals surface area contributed by atoms with Crippen LogP contribution in [0.15, 0.2) is 67.0 Å². The summed E-state index contributed by atoms with van der Waals surface area (Å²) in [4.78, 5) is 16.9. The van der Waals surface area contributed by atoms with Crippen molar-refractivity contribution >= 4 is 27.5 Å². The molecule has 0 atom stereocenters. The van der Waals surface area contributed by atoms with Crippen molar-refractivity contribution < 1.29 is 4.79 Å². The van der Waals surface area contributed by atoms with E-state index in [1.54, 1.807) is 17.5 Å². The van der Waals surface area contributed by atoms with E-state index in [2.05, 4.69) is 33.6 Å². The van der Waals surface area contributed by atoms with Crippen molar-refractivity contribution in [2.75, 3.05) is 0 Å². The topological polar surface area (TPSA) is 59.8 Å². The number of amides is 1. The minimum atomic E-state index is 0.0787. The molecule has 2 aromatic heterocycles. The molecule has 0 saturated carbocycles. The third kappa shape index (κ3) is 4.64. The Hall–Kier alpha value is -2.99. The van der Waals surface area contributed by atoms with E-state index in [1.807, 2.05) is 47.3 Å². The molecule has 2 aromatic carbocycles. The first-order chi connectivity index (χ1) is 13.8.